The van der Waals surface area contributed by atoms with Crippen LogP contribution in [0.2, 0.25) is 0 Å². The molecule has 0 amide bonds. The summed E-state index contributed by atoms with van der Waals surface area (Å²) in [6.07, 6.45) is 4.85. The molecule has 6 heteroatoms. The average Bonchev–Trinajstić information content (AvgIpc) is 3.26. The van der Waals surface area contributed by atoms with Gasteiger partial charge >= 0.3 is 0 Å². The van der Waals surface area contributed by atoms with Crippen LogP contribution in [0.25, 0.3) is 10.1 Å². The number of allylic oxidation sites excluding steroid dienone is 1. The lowest BCUT2D eigenvalue weighted by Crippen LogP contribution is -2.25. The van der Waals surface area contributed by atoms with Crippen LogP contribution in [0.15, 0.2) is 64.8 Å². The van der Waals surface area contributed by atoms with Crippen molar-refractivity contribution < 1.29 is 9.47 Å². The highest BCUT2D eigenvalue weighted by Gasteiger charge is 2.34. The van der Waals surface area contributed by atoms with Gasteiger partial charge in [-0.25, -0.2) is 0 Å². The van der Waals surface area contributed by atoms with Gasteiger partial charge in [0.2, 0.25) is 10.6 Å². The third kappa shape index (κ3) is 3.12. The molecule has 1 saturated carbocycles. The Morgan fingerprint density at radius 3 is 2.57 bits per heavy atom. The number of hydrogen-bond donors (Lipinski definition) is 1. The summed E-state index contributed by atoms with van der Waals surface area (Å²) in [7, 11) is 0. The van der Waals surface area contributed by atoms with Crippen molar-refractivity contribution in [2.45, 2.75) is 37.7 Å². The van der Waals surface area contributed by atoms with Crippen LogP contribution in [0.1, 0.15) is 42.7 Å². The molecule has 3 aromatic rings. The number of rotatable bonds is 3. The topological polar surface area (TPSA) is 85.3 Å². The number of nitrogens with two attached hydrogens (primary N) is 1. The highest BCUT2D eigenvalue weighted by molar-refractivity contribution is 7.16. The maximum atomic E-state index is 13.1. The Balaban J connectivity index is 1.61. The Kier molecular flexibility index (Phi) is 4.68. The zero-order valence-corrected chi connectivity index (χ0v) is 17.1. The molecule has 2 aromatic carbocycles. The van der Waals surface area contributed by atoms with E-state index in [0.717, 1.165) is 45.6 Å². The van der Waals surface area contributed by atoms with Crippen LogP contribution >= 0.6 is 11.3 Å². The summed E-state index contributed by atoms with van der Waals surface area (Å²) in [5.41, 5.74) is 7.66. The predicted molar refractivity (Wildman–Crippen MR) is 117 cm³/mol. The van der Waals surface area contributed by atoms with Crippen molar-refractivity contribution in [3.8, 4) is 17.6 Å². The summed E-state index contributed by atoms with van der Waals surface area (Å²) < 4.78 is 12.6. The van der Waals surface area contributed by atoms with Crippen LogP contribution < -0.4 is 19.9 Å². The first-order valence-corrected chi connectivity index (χ1v) is 10.9. The third-order valence-corrected chi connectivity index (χ3v) is 6.77. The zero-order valence-electron chi connectivity index (χ0n) is 16.3. The molecule has 1 atom stereocenters. The number of nitrogens with zero attached hydrogens (tertiary/aromatic N) is 1. The van der Waals surface area contributed by atoms with Gasteiger partial charge in [0, 0.05) is 10.1 Å². The molecule has 0 bridgehead atoms. The van der Waals surface area contributed by atoms with Gasteiger partial charge in [-0.1, -0.05) is 35.6 Å². The highest BCUT2D eigenvalue weighted by atomic mass is 32.1. The van der Waals surface area contributed by atoms with Crippen LogP contribution in [0, 0.1) is 11.3 Å². The molecule has 1 aromatic heterocycles. The number of ether oxygens (including phenoxy) is 2. The van der Waals surface area contributed by atoms with Crippen LogP contribution in [-0.4, -0.2) is 6.10 Å². The number of nitriles is 1. The van der Waals surface area contributed by atoms with E-state index in [1.54, 1.807) is 0 Å². The fraction of sp³-hybridized carbons (Fsp3) is 0.250. The summed E-state index contributed by atoms with van der Waals surface area (Å²) in [5, 5.41) is 10.6. The quantitative estimate of drug-likeness (QED) is 0.663. The fourth-order valence-corrected chi connectivity index (χ4v) is 5.27. The Morgan fingerprint density at radius 2 is 1.83 bits per heavy atom. The summed E-state index contributed by atoms with van der Waals surface area (Å²) in [4.78, 5) is 13.1. The van der Waals surface area contributed by atoms with Gasteiger partial charge in [0.1, 0.15) is 23.1 Å². The number of benzene rings is 2. The van der Waals surface area contributed by atoms with Gasteiger partial charge in [-0.15, -0.1) is 0 Å². The Morgan fingerprint density at radius 1 is 1.10 bits per heavy atom. The van der Waals surface area contributed by atoms with Crippen molar-refractivity contribution in [2.75, 3.05) is 0 Å². The Bertz CT molecular complexity index is 1250. The van der Waals surface area contributed by atoms with E-state index in [0.29, 0.717) is 11.3 Å². The summed E-state index contributed by atoms with van der Waals surface area (Å²) in [5.74, 6) is 0.730. The van der Waals surface area contributed by atoms with Crippen molar-refractivity contribution in [1.29, 1.82) is 5.26 Å². The molecule has 0 radical (unpaired) electrons. The minimum Gasteiger partial charge on any atom is -0.490 e. The number of hydrogen-bond acceptors (Lipinski definition) is 6. The van der Waals surface area contributed by atoms with E-state index in [-0.39, 0.29) is 22.3 Å². The molecule has 0 saturated heterocycles. The molecule has 1 aliphatic heterocycles. The Hall–Kier alpha value is -3.30. The molecule has 5 rings (SSSR count). The van der Waals surface area contributed by atoms with Crippen molar-refractivity contribution in [3.63, 3.8) is 0 Å². The van der Waals surface area contributed by atoms with E-state index in [2.05, 4.69) is 6.07 Å². The van der Waals surface area contributed by atoms with E-state index in [1.807, 2.05) is 48.5 Å². The van der Waals surface area contributed by atoms with Crippen molar-refractivity contribution in [2.24, 2.45) is 5.73 Å². The van der Waals surface area contributed by atoms with Crippen LogP contribution in [-0.2, 0) is 0 Å². The second-order valence-corrected chi connectivity index (χ2v) is 8.66. The molecule has 2 heterocycles. The van der Waals surface area contributed by atoms with E-state index in [9.17, 15) is 10.1 Å². The molecule has 1 aliphatic carbocycles. The van der Waals surface area contributed by atoms with E-state index in [1.165, 1.54) is 12.8 Å². The first-order chi connectivity index (χ1) is 14.7. The first-order valence-electron chi connectivity index (χ1n) is 10.1. The summed E-state index contributed by atoms with van der Waals surface area (Å²) in [6, 6.07) is 17.4. The molecule has 30 heavy (non-hydrogen) atoms. The molecule has 150 valence electrons. The minimum atomic E-state index is -0.562. The van der Waals surface area contributed by atoms with Crippen LogP contribution in [0.5, 0.6) is 11.5 Å². The van der Waals surface area contributed by atoms with Gasteiger partial charge < -0.3 is 15.2 Å². The molecule has 1 fully saturated rings. The van der Waals surface area contributed by atoms with Gasteiger partial charge in [-0.05, 0) is 55.5 Å². The van der Waals surface area contributed by atoms with Crippen LogP contribution in [0.4, 0.5) is 0 Å². The Labute approximate surface area is 178 Å². The fourth-order valence-electron chi connectivity index (χ4n) is 4.34. The summed E-state index contributed by atoms with van der Waals surface area (Å²) >= 11 is 1.16. The second-order valence-electron chi connectivity index (χ2n) is 7.65. The smallest absolute Gasteiger partial charge is 0.240 e. The van der Waals surface area contributed by atoms with Gasteiger partial charge in [0.05, 0.1) is 17.6 Å². The lowest BCUT2D eigenvalue weighted by Gasteiger charge is -2.26. The second kappa shape index (κ2) is 7.51. The molecular weight excluding hydrogens is 396 g/mol. The predicted octanol–water partition coefficient (Wildman–Crippen LogP) is 4.80. The molecular formula is C24H20N2O3S. The van der Waals surface area contributed by atoms with E-state index < -0.39 is 5.92 Å². The molecule has 0 unspecified atom stereocenters. The first kappa shape index (κ1) is 18.7. The van der Waals surface area contributed by atoms with Crippen molar-refractivity contribution >= 4 is 21.4 Å². The normalized spacial score (nSPS) is 18.7. The standard InChI is InChI=1S/C24H20N2O3S/c25-13-18-20(14-9-11-16(12-10-14)28-15-5-1-2-6-15)21-22(29-23(18)26)17-7-3-4-8-19(17)30-24(21)27/h3-4,7-12,15,20H,1-2,5-6,26H2/t20-/m1/s1. The van der Waals surface area contributed by atoms with Crippen molar-refractivity contribution in [3.05, 3.63) is 80.7 Å². The number of fused-ring (bicyclic) bond motifs is 3. The van der Waals surface area contributed by atoms with Gasteiger partial charge in [-0.2, -0.15) is 5.26 Å². The van der Waals surface area contributed by atoms with Crippen LogP contribution in [0.3, 0.4) is 0 Å². The zero-order chi connectivity index (χ0) is 20.7. The van der Waals surface area contributed by atoms with E-state index >= 15 is 0 Å². The lowest BCUT2D eigenvalue weighted by atomic mass is 9.84. The SMILES string of the molecule is N#CC1=C(N)Oc2c(c(=O)sc3ccccc23)[C@@H]1c1ccc(OC2CCCC2)cc1. The lowest BCUT2D eigenvalue weighted by molar-refractivity contribution is 0.210. The van der Waals surface area contributed by atoms with Gasteiger partial charge in [0.25, 0.3) is 0 Å². The average molecular weight is 417 g/mol. The van der Waals surface area contributed by atoms with Gasteiger partial charge in [0.15, 0.2) is 0 Å². The maximum Gasteiger partial charge on any atom is 0.240 e. The molecule has 0 spiro atoms. The minimum absolute atomic E-state index is 0.0436. The third-order valence-electron chi connectivity index (χ3n) is 5.79. The molecule has 2 N–H and O–H groups in total. The summed E-state index contributed by atoms with van der Waals surface area (Å²) in [6.45, 7) is 0. The molecule has 5 nitrogen and oxygen atoms in total. The van der Waals surface area contributed by atoms with E-state index in [4.69, 9.17) is 15.2 Å². The molecule has 2 aliphatic rings. The maximum absolute atomic E-state index is 13.1. The largest absolute Gasteiger partial charge is 0.490 e. The van der Waals surface area contributed by atoms with Gasteiger partial charge in [-0.3, -0.25) is 4.79 Å². The van der Waals surface area contributed by atoms with Crippen molar-refractivity contribution in [1.82, 2.24) is 0 Å². The highest BCUT2D eigenvalue weighted by Crippen LogP contribution is 2.44. The monoisotopic (exact) mass is 416 g/mol.